The first-order valence-electron chi connectivity index (χ1n) is 7.08. The predicted molar refractivity (Wildman–Crippen MR) is 78.8 cm³/mol. The van der Waals surface area contributed by atoms with Crippen molar-refractivity contribution in [3.05, 3.63) is 23.8 Å². The molecule has 1 aromatic rings. The fourth-order valence-electron chi connectivity index (χ4n) is 2.24. The molecule has 3 nitrogen and oxygen atoms in total. The number of phenols is 1. The van der Waals surface area contributed by atoms with Gasteiger partial charge in [-0.1, -0.05) is 57.6 Å². The van der Waals surface area contributed by atoms with Gasteiger partial charge in [0.1, 0.15) is 10.6 Å². The first-order chi connectivity index (χ1) is 9.16. The fourth-order valence-corrected chi connectivity index (χ4v) is 2.88. The molecule has 1 atom stereocenters. The third kappa shape index (κ3) is 5.74. The Labute approximate surface area is 118 Å². The number of phenolic OH excluding ortho intramolecular Hbond substituents is 1. The van der Waals surface area contributed by atoms with Crippen molar-refractivity contribution in [1.29, 1.82) is 0 Å². The van der Waals surface area contributed by atoms with Gasteiger partial charge in [-0.2, -0.15) is 0 Å². The average molecular weight is 284 g/mol. The summed E-state index contributed by atoms with van der Waals surface area (Å²) in [4.78, 5) is 0.175. The van der Waals surface area contributed by atoms with Gasteiger partial charge in [-0.3, -0.25) is 0 Å². The minimum absolute atomic E-state index is 0.0821. The van der Waals surface area contributed by atoms with E-state index in [2.05, 4.69) is 6.92 Å². The van der Waals surface area contributed by atoms with E-state index in [9.17, 15) is 13.9 Å². The van der Waals surface area contributed by atoms with Gasteiger partial charge in [0.25, 0.3) is 0 Å². The van der Waals surface area contributed by atoms with Crippen LogP contribution in [-0.2, 0) is 17.5 Å². The van der Waals surface area contributed by atoms with Crippen molar-refractivity contribution in [2.24, 2.45) is 0 Å². The van der Waals surface area contributed by atoms with Crippen molar-refractivity contribution in [3.63, 3.8) is 0 Å². The third-order valence-corrected chi connectivity index (χ3v) is 4.12. The van der Waals surface area contributed by atoms with E-state index in [-0.39, 0.29) is 10.6 Å². The lowest BCUT2D eigenvalue weighted by Crippen LogP contribution is -1.97. The van der Waals surface area contributed by atoms with E-state index in [0.717, 1.165) is 24.8 Å². The Kier molecular flexibility index (Phi) is 7.75. The second kappa shape index (κ2) is 9.10. The Morgan fingerprint density at radius 1 is 1.05 bits per heavy atom. The number of hydrogen-bond acceptors (Lipinski definition) is 2. The molecule has 108 valence electrons. The van der Waals surface area contributed by atoms with Crippen molar-refractivity contribution >= 4 is 11.1 Å². The second-order valence-electron chi connectivity index (χ2n) is 4.89. The second-order valence-corrected chi connectivity index (χ2v) is 5.79. The number of hydrogen-bond donors (Lipinski definition) is 2. The van der Waals surface area contributed by atoms with Gasteiger partial charge in [0.2, 0.25) is 0 Å². The Morgan fingerprint density at radius 3 is 2.32 bits per heavy atom. The van der Waals surface area contributed by atoms with Gasteiger partial charge in [0.15, 0.2) is 11.1 Å². The van der Waals surface area contributed by atoms with E-state index in [0.29, 0.717) is 0 Å². The van der Waals surface area contributed by atoms with Crippen LogP contribution in [0.1, 0.15) is 57.4 Å². The molecule has 0 saturated heterocycles. The van der Waals surface area contributed by atoms with Gasteiger partial charge in [0.05, 0.1) is 0 Å². The minimum atomic E-state index is -2.11. The van der Waals surface area contributed by atoms with Gasteiger partial charge in [-0.05, 0) is 24.5 Å². The fraction of sp³-hybridized carbons (Fsp3) is 0.600. The average Bonchev–Trinajstić information content (AvgIpc) is 2.37. The summed E-state index contributed by atoms with van der Waals surface area (Å²) in [5.41, 5.74) is 0.786. The summed E-state index contributed by atoms with van der Waals surface area (Å²) in [5.74, 6) is -0.0821. The van der Waals surface area contributed by atoms with E-state index in [1.54, 1.807) is 6.07 Å². The first kappa shape index (κ1) is 16.2. The molecule has 0 radical (unpaired) electrons. The van der Waals surface area contributed by atoms with Crippen LogP contribution < -0.4 is 0 Å². The smallest absolute Gasteiger partial charge is 0.190 e. The van der Waals surface area contributed by atoms with Gasteiger partial charge in [-0.15, -0.1) is 0 Å². The highest BCUT2D eigenvalue weighted by atomic mass is 32.2. The maximum absolute atomic E-state index is 11.2. The molecular formula is C15H24O3S. The van der Waals surface area contributed by atoms with Crippen molar-refractivity contribution in [3.8, 4) is 5.75 Å². The molecule has 2 N–H and O–H groups in total. The maximum atomic E-state index is 11.2. The van der Waals surface area contributed by atoms with Crippen LogP contribution in [0, 0.1) is 0 Å². The van der Waals surface area contributed by atoms with Crippen molar-refractivity contribution < 1.29 is 13.9 Å². The largest absolute Gasteiger partial charge is 0.507 e. The topological polar surface area (TPSA) is 57.5 Å². The van der Waals surface area contributed by atoms with E-state index in [4.69, 9.17) is 0 Å². The van der Waals surface area contributed by atoms with Crippen LogP contribution in [0.2, 0.25) is 0 Å². The summed E-state index contributed by atoms with van der Waals surface area (Å²) in [6.45, 7) is 2.21. The van der Waals surface area contributed by atoms with Crippen LogP contribution in [-0.4, -0.2) is 13.9 Å². The van der Waals surface area contributed by atoms with Crippen LogP contribution in [0.3, 0.4) is 0 Å². The summed E-state index contributed by atoms with van der Waals surface area (Å²) in [6, 6.07) is 5.00. The maximum Gasteiger partial charge on any atom is 0.190 e. The molecular weight excluding hydrogens is 260 g/mol. The molecule has 1 aromatic carbocycles. The van der Waals surface area contributed by atoms with Crippen LogP contribution in [0.4, 0.5) is 0 Å². The highest BCUT2D eigenvalue weighted by Crippen LogP contribution is 2.25. The van der Waals surface area contributed by atoms with Crippen LogP contribution >= 0.6 is 0 Å². The zero-order valence-corrected chi connectivity index (χ0v) is 12.4. The zero-order chi connectivity index (χ0) is 14.1. The normalized spacial score (nSPS) is 12.5. The molecule has 0 aliphatic heterocycles. The van der Waals surface area contributed by atoms with Gasteiger partial charge >= 0.3 is 0 Å². The highest BCUT2D eigenvalue weighted by molar-refractivity contribution is 7.79. The number of benzene rings is 1. The molecule has 0 aliphatic carbocycles. The number of unbranched alkanes of at least 4 members (excludes halogenated alkanes) is 6. The predicted octanol–water partition coefficient (Wildman–Crippen LogP) is 4.27. The van der Waals surface area contributed by atoms with E-state index < -0.39 is 11.1 Å². The summed E-state index contributed by atoms with van der Waals surface area (Å²) < 4.78 is 20.4. The Bertz CT molecular complexity index is 404. The molecule has 4 heteroatoms. The molecule has 0 heterocycles. The first-order valence-corrected chi connectivity index (χ1v) is 8.19. The number of aromatic hydroxyl groups is 1. The number of rotatable bonds is 9. The van der Waals surface area contributed by atoms with Crippen molar-refractivity contribution in [2.45, 2.75) is 63.2 Å². The molecule has 19 heavy (non-hydrogen) atoms. The van der Waals surface area contributed by atoms with Crippen molar-refractivity contribution in [1.82, 2.24) is 0 Å². The summed E-state index contributed by atoms with van der Waals surface area (Å²) in [5, 5.41) is 9.61. The Morgan fingerprint density at radius 2 is 1.68 bits per heavy atom. The minimum Gasteiger partial charge on any atom is -0.507 e. The van der Waals surface area contributed by atoms with E-state index >= 15 is 0 Å². The molecule has 1 unspecified atom stereocenters. The van der Waals surface area contributed by atoms with Gasteiger partial charge < -0.3 is 9.66 Å². The lowest BCUT2D eigenvalue weighted by Gasteiger charge is -2.08. The van der Waals surface area contributed by atoms with Crippen LogP contribution in [0.25, 0.3) is 0 Å². The standard InChI is InChI=1S/C15H24O3S/c1-2-3-4-5-6-7-8-10-13-11-9-12-14(16)15(13)19(17)18/h9,11-12,16H,2-8,10H2,1H3,(H,17,18). The monoisotopic (exact) mass is 284 g/mol. The Balaban J connectivity index is 2.37. The Hall–Kier alpha value is -0.870. The van der Waals surface area contributed by atoms with Crippen LogP contribution in [0.15, 0.2) is 23.1 Å². The zero-order valence-electron chi connectivity index (χ0n) is 11.6. The van der Waals surface area contributed by atoms with Gasteiger partial charge in [0, 0.05) is 0 Å². The third-order valence-electron chi connectivity index (χ3n) is 3.30. The lowest BCUT2D eigenvalue weighted by molar-refractivity contribution is 0.454. The SMILES string of the molecule is CCCCCCCCCc1cccc(O)c1S(=O)O. The molecule has 0 spiro atoms. The molecule has 0 saturated carbocycles. The summed E-state index contributed by atoms with van der Waals surface area (Å²) >= 11 is -2.11. The van der Waals surface area contributed by atoms with Crippen molar-refractivity contribution in [2.75, 3.05) is 0 Å². The van der Waals surface area contributed by atoms with Crippen LogP contribution in [0.5, 0.6) is 5.75 Å². The molecule has 1 rings (SSSR count). The summed E-state index contributed by atoms with van der Waals surface area (Å²) in [7, 11) is 0. The number of aryl methyl sites for hydroxylation is 1. The van der Waals surface area contributed by atoms with Gasteiger partial charge in [-0.25, -0.2) is 4.21 Å². The highest BCUT2D eigenvalue weighted by Gasteiger charge is 2.12. The lowest BCUT2D eigenvalue weighted by atomic mass is 10.0. The quantitative estimate of drug-likeness (QED) is 0.526. The molecule has 0 aliphatic rings. The molecule has 0 bridgehead atoms. The molecule has 0 fully saturated rings. The van der Waals surface area contributed by atoms with E-state index in [1.165, 1.54) is 38.2 Å². The molecule has 0 aromatic heterocycles. The summed E-state index contributed by atoms with van der Waals surface area (Å²) in [6.07, 6.45) is 9.24. The molecule has 0 amide bonds. The van der Waals surface area contributed by atoms with E-state index in [1.807, 2.05) is 6.07 Å².